The zero-order chi connectivity index (χ0) is 21.2. The van der Waals surface area contributed by atoms with Gasteiger partial charge in [0.2, 0.25) is 0 Å². The predicted molar refractivity (Wildman–Crippen MR) is 132 cm³/mol. The quantitative estimate of drug-likeness (QED) is 0.318. The van der Waals surface area contributed by atoms with Gasteiger partial charge in [-0.3, -0.25) is 4.68 Å². The van der Waals surface area contributed by atoms with Gasteiger partial charge in [0, 0.05) is 18.7 Å². The lowest BCUT2D eigenvalue weighted by Crippen LogP contribution is -2.24. The van der Waals surface area contributed by atoms with Gasteiger partial charge in [-0.2, -0.15) is 5.10 Å². The lowest BCUT2D eigenvalue weighted by molar-refractivity contribution is 0.228. The Morgan fingerprint density at radius 3 is 2.58 bits per heavy atom. The average molecular weight is 525 g/mol. The monoisotopic (exact) mass is 525 g/mol. The largest absolute Gasteiger partial charge is 0.497 e. The van der Waals surface area contributed by atoms with Crippen molar-refractivity contribution in [1.29, 1.82) is 0 Å². The molecular formula is C25H24IN3O2. The summed E-state index contributed by atoms with van der Waals surface area (Å²) in [4.78, 5) is 2.39. The predicted octanol–water partition coefficient (Wildman–Crippen LogP) is 5.36. The van der Waals surface area contributed by atoms with Crippen molar-refractivity contribution in [3.05, 3.63) is 82.1 Å². The number of ether oxygens (including phenoxy) is 2. The number of rotatable bonds is 6. The molecule has 5 rings (SSSR count). The van der Waals surface area contributed by atoms with Crippen LogP contribution < -0.4 is 14.4 Å². The Morgan fingerprint density at radius 1 is 1.00 bits per heavy atom. The van der Waals surface area contributed by atoms with E-state index in [0.717, 1.165) is 45.6 Å². The number of aromatic nitrogens is 2. The lowest BCUT2D eigenvalue weighted by Gasteiger charge is -2.19. The van der Waals surface area contributed by atoms with Crippen LogP contribution in [-0.2, 0) is 6.54 Å². The van der Waals surface area contributed by atoms with Gasteiger partial charge in [-0.15, -0.1) is 0 Å². The van der Waals surface area contributed by atoms with Crippen LogP contribution in [0.2, 0.25) is 0 Å². The number of halogens is 1. The van der Waals surface area contributed by atoms with Gasteiger partial charge in [0.25, 0.3) is 0 Å². The maximum Gasteiger partial charge on any atom is 0.134 e. The SMILES string of the molecule is COc1ccc(Cn2nc(I)c3c(O[C@H]4CCN(c5ccccc5)C4)cccc32)cc1. The summed E-state index contributed by atoms with van der Waals surface area (Å²) in [6.07, 6.45) is 1.19. The Kier molecular flexibility index (Phi) is 5.72. The number of para-hydroxylation sites is 1. The maximum absolute atomic E-state index is 6.50. The lowest BCUT2D eigenvalue weighted by atomic mass is 10.2. The van der Waals surface area contributed by atoms with E-state index >= 15 is 0 Å². The van der Waals surface area contributed by atoms with E-state index in [1.54, 1.807) is 7.11 Å². The van der Waals surface area contributed by atoms with Crippen LogP contribution in [0.25, 0.3) is 10.9 Å². The zero-order valence-corrected chi connectivity index (χ0v) is 19.5. The van der Waals surface area contributed by atoms with Crippen LogP contribution in [0.4, 0.5) is 5.69 Å². The molecule has 3 aromatic carbocycles. The van der Waals surface area contributed by atoms with Crippen LogP contribution in [0.15, 0.2) is 72.8 Å². The van der Waals surface area contributed by atoms with Gasteiger partial charge in [0.05, 0.1) is 31.1 Å². The molecule has 1 aromatic heterocycles. The van der Waals surface area contributed by atoms with Crippen molar-refractivity contribution in [2.45, 2.75) is 19.1 Å². The molecule has 6 heteroatoms. The zero-order valence-electron chi connectivity index (χ0n) is 17.4. The number of hydrogen-bond acceptors (Lipinski definition) is 4. The molecule has 0 N–H and O–H groups in total. The van der Waals surface area contributed by atoms with Crippen molar-refractivity contribution in [1.82, 2.24) is 9.78 Å². The second kappa shape index (κ2) is 8.78. The first kappa shape index (κ1) is 20.2. The Bertz CT molecular complexity index is 1170. The number of nitrogens with zero attached hydrogens (tertiary/aromatic N) is 3. The van der Waals surface area contributed by atoms with Crippen molar-refractivity contribution in [3.8, 4) is 11.5 Å². The van der Waals surface area contributed by atoms with Crippen molar-refractivity contribution in [2.24, 2.45) is 0 Å². The standard InChI is InChI=1S/C25H24IN3O2/c1-30-20-12-10-18(11-13-20)16-29-22-8-5-9-23(24(22)25(26)27-29)31-21-14-15-28(17-21)19-6-3-2-4-7-19/h2-13,21H,14-17H2,1H3/t21-/m0/s1. The average Bonchev–Trinajstić information content (AvgIpc) is 3.40. The first-order chi connectivity index (χ1) is 15.2. The van der Waals surface area contributed by atoms with Crippen LogP contribution in [0.1, 0.15) is 12.0 Å². The highest BCUT2D eigenvalue weighted by atomic mass is 127. The van der Waals surface area contributed by atoms with Gasteiger partial charge < -0.3 is 14.4 Å². The van der Waals surface area contributed by atoms with Crippen molar-refractivity contribution in [3.63, 3.8) is 0 Å². The number of methoxy groups -OCH3 is 1. The van der Waals surface area contributed by atoms with E-state index in [1.807, 2.05) is 12.1 Å². The third-order valence-corrected chi connectivity index (χ3v) is 6.50. The summed E-state index contributed by atoms with van der Waals surface area (Å²) in [7, 11) is 1.68. The van der Waals surface area contributed by atoms with Crippen LogP contribution >= 0.6 is 22.6 Å². The van der Waals surface area contributed by atoms with Crippen molar-refractivity contribution >= 4 is 39.2 Å². The number of benzene rings is 3. The van der Waals surface area contributed by atoms with Crippen molar-refractivity contribution in [2.75, 3.05) is 25.1 Å². The first-order valence-electron chi connectivity index (χ1n) is 10.5. The van der Waals surface area contributed by atoms with E-state index in [0.29, 0.717) is 6.54 Å². The molecule has 1 aliphatic heterocycles. The van der Waals surface area contributed by atoms with Gasteiger partial charge in [0.15, 0.2) is 0 Å². The number of anilines is 1. The fourth-order valence-electron chi connectivity index (χ4n) is 4.15. The highest BCUT2D eigenvalue weighted by Crippen LogP contribution is 2.33. The topological polar surface area (TPSA) is 39.5 Å². The smallest absolute Gasteiger partial charge is 0.134 e. The molecule has 2 heterocycles. The molecular weight excluding hydrogens is 501 g/mol. The summed E-state index contributed by atoms with van der Waals surface area (Å²) in [5.74, 6) is 1.78. The van der Waals surface area contributed by atoms with E-state index < -0.39 is 0 Å². The molecule has 1 saturated heterocycles. The van der Waals surface area contributed by atoms with E-state index in [-0.39, 0.29) is 6.10 Å². The fraction of sp³-hybridized carbons (Fsp3) is 0.240. The number of fused-ring (bicyclic) bond motifs is 1. The van der Waals surface area contributed by atoms with E-state index in [2.05, 4.69) is 92.8 Å². The third kappa shape index (κ3) is 4.21. The summed E-state index contributed by atoms with van der Waals surface area (Å²) in [6.45, 7) is 2.62. The molecule has 5 nitrogen and oxygen atoms in total. The minimum absolute atomic E-state index is 0.173. The molecule has 0 unspecified atom stereocenters. The molecule has 1 aliphatic rings. The molecule has 158 valence electrons. The molecule has 1 fully saturated rings. The summed E-state index contributed by atoms with van der Waals surface area (Å²) < 4.78 is 14.8. The minimum atomic E-state index is 0.173. The van der Waals surface area contributed by atoms with Gasteiger partial charge in [-0.1, -0.05) is 36.4 Å². The second-order valence-corrected chi connectivity index (χ2v) is 8.78. The highest BCUT2D eigenvalue weighted by Gasteiger charge is 2.25. The van der Waals surface area contributed by atoms with Gasteiger partial charge in [0.1, 0.15) is 21.3 Å². The molecule has 1 atom stereocenters. The summed E-state index contributed by atoms with van der Waals surface area (Å²) in [5, 5.41) is 5.90. The first-order valence-corrected chi connectivity index (χ1v) is 11.5. The summed E-state index contributed by atoms with van der Waals surface area (Å²) in [5.41, 5.74) is 3.53. The summed E-state index contributed by atoms with van der Waals surface area (Å²) in [6, 6.07) is 24.9. The molecule has 4 aromatic rings. The van der Waals surface area contributed by atoms with Crippen LogP contribution in [-0.4, -0.2) is 36.1 Å². The normalized spacial score (nSPS) is 16.1. The van der Waals surface area contributed by atoms with Crippen LogP contribution in [0.5, 0.6) is 11.5 Å². The molecule has 0 aliphatic carbocycles. The fourth-order valence-corrected chi connectivity index (χ4v) is 4.95. The maximum atomic E-state index is 6.50. The highest BCUT2D eigenvalue weighted by molar-refractivity contribution is 14.1. The summed E-state index contributed by atoms with van der Waals surface area (Å²) >= 11 is 2.32. The van der Waals surface area contributed by atoms with E-state index in [1.165, 1.54) is 11.3 Å². The Balaban J connectivity index is 1.36. The van der Waals surface area contributed by atoms with E-state index in [9.17, 15) is 0 Å². The molecule has 0 saturated carbocycles. The molecule has 0 amide bonds. The Labute approximate surface area is 195 Å². The van der Waals surface area contributed by atoms with Gasteiger partial charge in [-0.05, 0) is 64.6 Å². The van der Waals surface area contributed by atoms with Crippen LogP contribution in [0, 0.1) is 3.70 Å². The van der Waals surface area contributed by atoms with Crippen LogP contribution in [0.3, 0.4) is 0 Å². The van der Waals surface area contributed by atoms with Gasteiger partial charge >= 0.3 is 0 Å². The molecule has 31 heavy (non-hydrogen) atoms. The van der Waals surface area contributed by atoms with E-state index in [4.69, 9.17) is 14.6 Å². The Hall–Kier alpha value is -2.74. The Morgan fingerprint density at radius 2 is 1.81 bits per heavy atom. The third-order valence-electron chi connectivity index (χ3n) is 5.75. The molecule has 0 spiro atoms. The second-order valence-electron chi connectivity index (χ2n) is 7.76. The van der Waals surface area contributed by atoms with Crippen molar-refractivity contribution < 1.29 is 9.47 Å². The minimum Gasteiger partial charge on any atom is -0.497 e. The van der Waals surface area contributed by atoms with Gasteiger partial charge in [-0.25, -0.2) is 0 Å². The molecule has 0 radical (unpaired) electrons. The molecule has 0 bridgehead atoms. The number of hydrogen-bond donors (Lipinski definition) is 0.